The second-order valence-corrected chi connectivity index (χ2v) is 5.51. The molecule has 21 heavy (non-hydrogen) atoms. The van der Waals surface area contributed by atoms with E-state index in [2.05, 4.69) is 12.2 Å². The van der Waals surface area contributed by atoms with Gasteiger partial charge in [0, 0.05) is 19.6 Å². The molecule has 0 radical (unpaired) electrons. The van der Waals surface area contributed by atoms with Gasteiger partial charge in [0.2, 0.25) is 0 Å². The number of carbonyl (C=O) groups excluding carboxylic acids is 1. The van der Waals surface area contributed by atoms with Crippen LogP contribution in [0, 0.1) is 5.92 Å². The number of carbonyl (C=O) groups is 2. The quantitative estimate of drug-likeness (QED) is 0.874. The molecule has 1 atom stereocenters. The van der Waals surface area contributed by atoms with Crippen LogP contribution in [0.2, 0.25) is 0 Å². The Morgan fingerprint density at radius 1 is 1.33 bits per heavy atom. The lowest BCUT2D eigenvalue weighted by molar-refractivity contribution is -0.136. The van der Waals surface area contributed by atoms with Crippen molar-refractivity contribution in [2.75, 3.05) is 13.1 Å². The van der Waals surface area contributed by atoms with Crippen molar-refractivity contribution in [3.05, 3.63) is 35.4 Å². The average Bonchev–Trinajstić information content (AvgIpc) is 2.94. The Morgan fingerprint density at radius 2 is 2.05 bits per heavy atom. The zero-order chi connectivity index (χ0) is 15.2. The maximum absolute atomic E-state index is 12.1. The summed E-state index contributed by atoms with van der Waals surface area (Å²) in [7, 11) is 0. The topological polar surface area (TPSA) is 69.6 Å². The van der Waals surface area contributed by atoms with Gasteiger partial charge in [-0.3, -0.25) is 4.79 Å². The van der Waals surface area contributed by atoms with Crippen LogP contribution in [0.1, 0.15) is 30.9 Å². The van der Waals surface area contributed by atoms with E-state index in [9.17, 15) is 9.59 Å². The lowest BCUT2D eigenvalue weighted by atomic mass is 10.0. The number of amides is 2. The second kappa shape index (κ2) is 7.11. The van der Waals surface area contributed by atoms with Gasteiger partial charge in [0.1, 0.15) is 0 Å². The van der Waals surface area contributed by atoms with Gasteiger partial charge in [0.25, 0.3) is 0 Å². The molecule has 1 aliphatic rings. The molecule has 0 spiro atoms. The molecule has 114 valence electrons. The van der Waals surface area contributed by atoms with Gasteiger partial charge in [0.15, 0.2) is 0 Å². The third-order valence-electron chi connectivity index (χ3n) is 4.04. The summed E-state index contributed by atoms with van der Waals surface area (Å²) in [6.45, 7) is 4.14. The molecular formula is C16H22N2O3. The molecule has 5 heteroatoms. The van der Waals surface area contributed by atoms with Crippen molar-refractivity contribution in [3.8, 4) is 0 Å². The summed E-state index contributed by atoms with van der Waals surface area (Å²) in [6, 6.07) is 7.26. The molecule has 1 aromatic rings. The maximum atomic E-state index is 12.1. The normalized spacial score (nSPS) is 17.8. The van der Waals surface area contributed by atoms with Crippen LogP contribution in [-0.2, 0) is 17.8 Å². The second-order valence-electron chi connectivity index (χ2n) is 5.51. The fourth-order valence-corrected chi connectivity index (χ4v) is 2.70. The number of carboxylic acids is 1. The number of urea groups is 1. The number of hydrogen-bond acceptors (Lipinski definition) is 2. The van der Waals surface area contributed by atoms with Crippen LogP contribution in [0.3, 0.4) is 0 Å². The van der Waals surface area contributed by atoms with Crippen molar-refractivity contribution >= 4 is 12.0 Å². The van der Waals surface area contributed by atoms with Gasteiger partial charge in [0.05, 0.1) is 6.42 Å². The van der Waals surface area contributed by atoms with E-state index in [1.165, 1.54) is 0 Å². The largest absolute Gasteiger partial charge is 0.481 e. The van der Waals surface area contributed by atoms with Crippen molar-refractivity contribution < 1.29 is 14.7 Å². The summed E-state index contributed by atoms with van der Waals surface area (Å²) in [5.74, 6) is -0.255. The predicted octanol–water partition coefficient (Wildman–Crippen LogP) is 2.26. The van der Waals surface area contributed by atoms with Crippen molar-refractivity contribution in [2.45, 2.75) is 32.7 Å². The number of rotatable bonds is 5. The van der Waals surface area contributed by atoms with Crippen LogP contribution in [0.5, 0.6) is 0 Å². The van der Waals surface area contributed by atoms with Crippen molar-refractivity contribution in [1.82, 2.24) is 10.2 Å². The molecule has 1 unspecified atom stereocenters. The standard InChI is InChI=1S/C16H22N2O3/c1-2-12-7-8-18(11-12)16(21)17-10-14-6-4-3-5-13(14)9-15(19)20/h3-6,12H,2,7-11H2,1H3,(H,17,21)(H,19,20). The first-order chi connectivity index (χ1) is 10.1. The number of carboxylic acid groups (broad SMARTS) is 1. The molecular weight excluding hydrogens is 268 g/mol. The number of likely N-dealkylation sites (tertiary alicyclic amines) is 1. The Balaban J connectivity index is 1.91. The van der Waals surface area contributed by atoms with Crippen molar-refractivity contribution in [2.24, 2.45) is 5.92 Å². The van der Waals surface area contributed by atoms with E-state index in [0.717, 1.165) is 37.1 Å². The number of nitrogens with zero attached hydrogens (tertiary/aromatic N) is 1. The predicted molar refractivity (Wildman–Crippen MR) is 80.0 cm³/mol. The van der Waals surface area contributed by atoms with Gasteiger partial charge < -0.3 is 15.3 Å². The minimum atomic E-state index is -0.862. The Bertz CT molecular complexity index is 516. The highest BCUT2D eigenvalue weighted by molar-refractivity contribution is 5.75. The lowest BCUT2D eigenvalue weighted by Gasteiger charge is -2.18. The van der Waals surface area contributed by atoms with Gasteiger partial charge in [-0.2, -0.15) is 0 Å². The zero-order valence-corrected chi connectivity index (χ0v) is 12.3. The van der Waals surface area contributed by atoms with Gasteiger partial charge in [-0.25, -0.2) is 4.79 Å². The first kappa shape index (κ1) is 15.4. The average molecular weight is 290 g/mol. The van der Waals surface area contributed by atoms with E-state index in [0.29, 0.717) is 12.5 Å². The summed E-state index contributed by atoms with van der Waals surface area (Å²) in [4.78, 5) is 24.8. The SMILES string of the molecule is CCC1CCN(C(=O)NCc2ccccc2CC(=O)O)C1. The molecule has 2 amide bonds. The highest BCUT2D eigenvalue weighted by atomic mass is 16.4. The third-order valence-corrected chi connectivity index (χ3v) is 4.04. The summed E-state index contributed by atoms with van der Waals surface area (Å²) in [6.07, 6.45) is 2.15. The third kappa shape index (κ3) is 4.21. The summed E-state index contributed by atoms with van der Waals surface area (Å²) in [5.41, 5.74) is 1.61. The van der Waals surface area contributed by atoms with Crippen LogP contribution >= 0.6 is 0 Å². The number of aliphatic carboxylic acids is 1. The molecule has 2 N–H and O–H groups in total. The lowest BCUT2D eigenvalue weighted by Crippen LogP contribution is -2.38. The molecule has 2 rings (SSSR count). The highest BCUT2D eigenvalue weighted by Gasteiger charge is 2.24. The molecule has 0 saturated carbocycles. The molecule has 1 heterocycles. The summed E-state index contributed by atoms with van der Waals surface area (Å²) < 4.78 is 0. The Hall–Kier alpha value is -2.04. The smallest absolute Gasteiger partial charge is 0.317 e. The van der Waals surface area contributed by atoms with Gasteiger partial charge >= 0.3 is 12.0 Å². The number of nitrogens with one attached hydrogen (secondary N) is 1. The van der Waals surface area contributed by atoms with E-state index in [1.807, 2.05) is 23.1 Å². The molecule has 1 saturated heterocycles. The fraction of sp³-hybridized carbons (Fsp3) is 0.500. The van der Waals surface area contributed by atoms with E-state index >= 15 is 0 Å². The van der Waals surface area contributed by atoms with E-state index in [1.54, 1.807) is 6.07 Å². The Morgan fingerprint density at radius 3 is 2.67 bits per heavy atom. The Kier molecular flexibility index (Phi) is 5.20. The summed E-state index contributed by atoms with van der Waals surface area (Å²) in [5, 5.41) is 11.8. The molecule has 1 fully saturated rings. The van der Waals surface area contributed by atoms with Crippen LogP contribution < -0.4 is 5.32 Å². The number of hydrogen-bond donors (Lipinski definition) is 2. The molecule has 0 aromatic heterocycles. The van der Waals surface area contributed by atoms with E-state index < -0.39 is 5.97 Å². The Labute approximate surface area is 125 Å². The highest BCUT2D eigenvalue weighted by Crippen LogP contribution is 2.19. The minimum absolute atomic E-state index is 0.0202. The first-order valence-corrected chi connectivity index (χ1v) is 7.41. The molecule has 0 aliphatic carbocycles. The van der Waals surface area contributed by atoms with Crippen LogP contribution in [0.25, 0.3) is 0 Å². The maximum Gasteiger partial charge on any atom is 0.317 e. The van der Waals surface area contributed by atoms with Gasteiger partial charge in [-0.15, -0.1) is 0 Å². The molecule has 1 aromatic carbocycles. The van der Waals surface area contributed by atoms with Crippen molar-refractivity contribution in [1.29, 1.82) is 0 Å². The van der Waals surface area contributed by atoms with Crippen molar-refractivity contribution in [3.63, 3.8) is 0 Å². The molecule has 1 aliphatic heterocycles. The minimum Gasteiger partial charge on any atom is -0.481 e. The van der Waals surface area contributed by atoms with Gasteiger partial charge in [-0.05, 0) is 23.5 Å². The number of benzene rings is 1. The van der Waals surface area contributed by atoms with Crippen LogP contribution in [0.4, 0.5) is 4.79 Å². The van der Waals surface area contributed by atoms with Crippen LogP contribution in [0.15, 0.2) is 24.3 Å². The van der Waals surface area contributed by atoms with E-state index in [4.69, 9.17) is 5.11 Å². The zero-order valence-electron chi connectivity index (χ0n) is 12.3. The summed E-state index contributed by atoms with van der Waals surface area (Å²) >= 11 is 0. The van der Waals surface area contributed by atoms with Gasteiger partial charge in [-0.1, -0.05) is 37.6 Å². The first-order valence-electron chi connectivity index (χ1n) is 7.41. The monoisotopic (exact) mass is 290 g/mol. The molecule has 5 nitrogen and oxygen atoms in total. The fourth-order valence-electron chi connectivity index (χ4n) is 2.70. The molecule has 0 bridgehead atoms. The van der Waals surface area contributed by atoms with E-state index in [-0.39, 0.29) is 12.5 Å². The van der Waals surface area contributed by atoms with Crippen LogP contribution in [-0.4, -0.2) is 35.1 Å².